The summed E-state index contributed by atoms with van der Waals surface area (Å²) in [7, 11) is -0.996. The molecule has 0 aliphatic carbocycles. The highest BCUT2D eigenvalue weighted by Crippen LogP contribution is 2.22. The fourth-order valence-electron chi connectivity index (χ4n) is 1.75. The molecule has 0 spiro atoms. The third-order valence-corrected chi connectivity index (χ3v) is 4.56. The van der Waals surface area contributed by atoms with E-state index in [2.05, 4.69) is 0 Å². The third kappa shape index (κ3) is 3.26. The van der Waals surface area contributed by atoms with Crippen LogP contribution in [0.2, 0.25) is 0 Å². The maximum atomic E-state index is 12.8. The lowest BCUT2D eigenvalue weighted by atomic mass is 10.2. The lowest BCUT2D eigenvalue weighted by molar-refractivity contribution is 0.626. The van der Waals surface area contributed by atoms with Crippen LogP contribution in [0, 0.1) is 5.82 Å². The van der Waals surface area contributed by atoms with Gasteiger partial charge in [0.05, 0.1) is 5.25 Å². The summed E-state index contributed by atoms with van der Waals surface area (Å²) in [6.45, 7) is 1.91. The van der Waals surface area contributed by atoms with Crippen LogP contribution in [0.25, 0.3) is 0 Å². The minimum Gasteiger partial charge on any atom is -0.259 e. The van der Waals surface area contributed by atoms with Crippen molar-refractivity contribution in [3.63, 3.8) is 0 Å². The van der Waals surface area contributed by atoms with Gasteiger partial charge >= 0.3 is 0 Å². The van der Waals surface area contributed by atoms with Crippen molar-refractivity contribution in [2.24, 2.45) is 0 Å². The summed E-state index contributed by atoms with van der Waals surface area (Å²) in [6.07, 6.45) is 0. The second-order valence-electron chi connectivity index (χ2n) is 4.20. The number of hydrogen-bond donors (Lipinski definition) is 0. The molecule has 2 atom stereocenters. The molecule has 1 nitrogen and oxygen atoms in total. The lowest BCUT2D eigenvalue weighted by Crippen LogP contribution is -2.05. The topological polar surface area (TPSA) is 17.1 Å². The number of benzene rings is 2. The smallest absolute Gasteiger partial charge is 0.123 e. The first-order valence-corrected chi connectivity index (χ1v) is 7.21. The molecule has 2 aromatic carbocycles. The number of hydrogen-bond acceptors (Lipinski definition) is 1. The molecule has 0 N–H and O–H groups in total. The van der Waals surface area contributed by atoms with Crippen LogP contribution < -0.4 is 0 Å². The van der Waals surface area contributed by atoms with Crippen LogP contribution in [0.1, 0.15) is 23.3 Å². The molecule has 94 valence electrons. The molecule has 0 amide bonds. The summed E-state index contributed by atoms with van der Waals surface area (Å²) >= 11 is 0. The van der Waals surface area contributed by atoms with Crippen molar-refractivity contribution < 1.29 is 8.60 Å². The molecule has 18 heavy (non-hydrogen) atoms. The molecular formula is C15H15FOS. The van der Waals surface area contributed by atoms with Crippen molar-refractivity contribution in [2.45, 2.75) is 17.9 Å². The zero-order valence-electron chi connectivity index (χ0n) is 10.2. The van der Waals surface area contributed by atoms with Crippen molar-refractivity contribution >= 4 is 10.8 Å². The highest BCUT2D eigenvalue weighted by atomic mass is 32.2. The Kier molecular flexibility index (Phi) is 4.26. The molecule has 3 heteroatoms. The van der Waals surface area contributed by atoms with E-state index >= 15 is 0 Å². The van der Waals surface area contributed by atoms with Crippen molar-refractivity contribution in [3.8, 4) is 0 Å². The Hall–Kier alpha value is -1.48. The minimum absolute atomic E-state index is 0.0918. The van der Waals surface area contributed by atoms with Gasteiger partial charge in [0.2, 0.25) is 0 Å². The first-order valence-electron chi connectivity index (χ1n) is 5.83. The van der Waals surface area contributed by atoms with Gasteiger partial charge in [-0.15, -0.1) is 0 Å². The Labute approximate surface area is 109 Å². The third-order valence-electron chi connectivity index (χ3n) is 2.89. The molecule has 0 radical (unpaired) electrons. The highest BCUT2D eigenvalue weighted by molar-refractivity contribution is 7.84. The van der Waals surface area contributed by atoms with Gasteiger partial charge in [0, 0.05) is 16.6 Å². The second kappa shape index (κ2) is 5.91. The molecule has 2 rings (SSSR count). The minimum atomic E-state index is -0.996. The van der Waals surface area contributed by atoms with Crippen molar-refractivity contribution in [1.29, 1.82) is 0 Å². The highest BCUT2D eigenvalue weighted by Gasteiger charge is 2.13. The number of halogens is 1. The molecule has 0 heterocycles. The summed E-state index contributed by atoms with van der Waals surface area (Å²) in [5.41, 5.74) is 1.97. The van der Waals surface area contributed by atoms with Gasteiger partial charge in [-0.1, -0.05) is 42.5 Å². The van der Waals surface area contributed by atoms with Crippen LogP contribution in [0.15, 0.2) is 54.6 Å². The molecule has 0 aliphatic heterocycles. The van der Waals surface area contributed by atoms with Gasteiger partial charge in [-0.05, 0) is 30.2 Å². The Morgan fingerprint density at radius 3 is 2.28 bits per heavy atom. The predicted octanol–water partition coefficient (Wildman–Crippen LogP) is 3.84. The van der Waals surface area contributed by atoms with Gasteiger partial charge in [-0.3, -0.25) is 4.21 Å². The van der Waals surface area contributed by atoms with E-state index in [1.807, 2.05) is 37.3 Å². The van der Waals surface area contributed by atoms with E-state index < -0.39 is 10.8 Å². The molecule has 0 aromatic heterocycles. The first-order chi connectivity index (χ1) is 8.66. The van der Waals surface area contributed by atoms with E-state index in [0.717, 1.165) is 11.1 Å². The Morgan fingerprint density at radius 2 is 1.67 bits per heavy atom. The molecule has 2 aromatic rings. The first kappa shape index (κ1) is 13.0. The van der Waals surface area contributed by atoms with Crippen LogP contribution in [-0.4, -0.2) is 4.21 Å². The summed E-state index contributed by atoms with van der Waals surface area (Å²) in [6, 6.07) is 16.0. The summed E-state index contributed by atoms with van der Waals surface area (Å²) in [4.78, 5) is 0. The van der Waals surface area contributed by atoms with Gasteiger partial charge in [-0.2, -0.15) is 0 Å². The molecule has 0 saturated carbocycles. The Bertz CT molecular complexity index is 522. The van der Waals surface area contributed by atoms with Gasteiger partial charge in [-0.25, -0.2) is 4.39 Å². The second-order valence-corrected chi connectivity index (χ2v) is 5.96. The molecule has 0 saturated heterocycles. The molecule has 0 fully saturated rings. The van der Waals surface area contributed by atoms with Crippen LogP contribution in [-0.2, 0) is 16.6 Å². The average molecular weight is 262 g/mol. The van der Waals surface area contributed by atoms with Gasteiger partial charge < -0.3 is 0 Å². The van der Waals surface area contributed by atoms with E-state index in [1.54, 1.807) is 12.1 Å². The van der Waals surface area contributed by atoms with Gasteiger partial charge in [0.1, 0.15) is 5.82 Å². The van der Waals surface area contributed by atoms with E-state index in [-0.39, 0.29) is 11.1 Å². The maximum absolute atomic E-state index is 12.8. The van der Waals surface area contributed by atoms with Crippen molar-refractivity contribution in [1.82, 2.24) is 0 Å². The Balaban J connectivity index is 2.07. The molecule has 0 aliphatic rings. The van der Waals surface area contributed by atoms with E-state index in [0.29, 0.717) is 5.75 Å². The molecular weight excluding hydrogens is 247 g/mol. The lowest BCUT2D eigenvalue weighted by Gasteiger charge is -2.11. The standard InChI is InChI=1S/C15H15FOS/c1-12(14-7-9-15(16)10-8-14)18(17)11-13-5-3-2-4-6-13/h2-10,12H,11H2,1H3/t12-,18+/m1/s1. The largest absolute Gasteiger partial charge is 0.259 e. The van der Waals surface area contributed by atoms with E-state index in [9.17, 15) is 8.60 Å². The van der Waals surface area contributed by atoms with Crippen LogP contribution in [0.4, 0.5) is 4.39 Å². The SMILES string of the molecule is C[C@H](c1ccc(F)cc1)[S@@](=O)Cc1ccccc1. The van der Waals surface area contributed by atoms with Crippen LogP contribution >= 0.6 is 0 Å². The van der Waals surface area contributed by atoms with Crippen LogP contribution in [0.3, 0.4) is 0 Å². The number of rotatable bonds is 4. The quantitative estimate of drug-likeness (QED) is 0.818. The van der Waals surface area contributed by atoms with E-state index in [4.69, 9.17) is 0 Å². The average Bonchev–Trinajstić information content (AvgIpc) is 2.40. The van der Waals surface area contributed by atoms with Gasteiger partial charge in [0.15, 0.2) is 0 Å². The summed E-state index contributed by atoms with van der Waals surface area (Å²) in [5.74, 6) is 0.263. The van der Waals surface area contributed by atoms with Gasteiger partial charge in [0.25, 0.3) is 0 Å². The summed E-state index contributed by atoms with van der Waals surface area (Å²) < 4.78 is 25.0. The van der Waals surface area contributed by atoms with Crippen molar-refractivity contribution in [3.05, 3.63) is 71.5 Å². The summed E-state index contributed by atoms with van der Waals surface area (Å²) in [5, 5.41) is -0.0918. The van der Waals surface area contributed by atoms with E-state index in [1.165, 1.54) is 12.1 Å². The van der Waals surface area contributed by atoms with Crippen molar-refractivity contribution in [2.75, 3.05) is 0 Å². The zero-order valence-corrected chi connectivity index (χ0v) is 11.0. The molecule has 0 bridgehead atoms. The Morgan fingerprint density at radius 1 is 1.06 bits per heavy atom. The van der Waals surface area contributed by atoms with Crippen LogP contribution in [0.5, 0.6) is 0 Å². The predicted molar refractivity (Wildman–Crippen MR) is 73.1 cm³/mol. The fraction of sp³-hybridized carbons (Fsp3) is 0.200. The maximum Gasteiger partial charge on any atom is 0.123 e. The fourth-order valence-corrected chi connectivity index (χ4v) is 2.98. The monoisotopic (exact) mass is 262 g/mol. The normalized spacial score (nSPS) is 14.1. The molecule has 0 unspecified atom stereocenters. The zero-order chi connectivity index (χ0) is 13.0.